The lowest BCUT2D eigenvalue weighted by molar-refractivity contribution is -0.384. The molecule has 0 N–H and O–H groups in total. The van der Waals surface area contributed by atoms with Gasteiger partial charge in [0.05, 0.1) is 4.92 Å². The highest BCUT2D eigenvalue weighted by molar-refractivity contribution is 7.98. The zero-order chi connectivity index (χ0) is 17.8. The molecule has 2 aromatic carbocycles. The van der Waals surface area contributed by atoms with Crippen LogP contribution in [0, 0.1) is 10.1 Å². The lowest BCUT2D eigenvalue weighted by atomic mass is 10.2. The van der Waals surface area contributed by atoms with Crippen LogP contribution in [0.3, 0.4) is 0 Å². The van der Waals surface area contributed by atoms with E-state index in [0.29, 0.717) is 17.4 Å². The Morgan fingerprint density at radius 1 is 1.12 bits per heavy atom. The average Bonchev–Trinajstić information content (AvgIpc) is 3.04. The van der Waals surface area contributed by atoms with Gasteiger partial charge in [0.2, 0.25) is 0 Å². The molecule has 0 unspecified atom stereocenters. The molecule has 0 saturated carbocycles. The zero-order valence-electron chi connectivity index (χ0n) is 13.4. The van der Waals surface area contributed by atoms with Gasteiger partial charge in [-0.15, -0.1) is 10.2 Å². The van der Waals surface area contributed by atoms with Crippen molar-refractivity contribution < 1.29 is 4.92 Å². The summed E-state index contributed by atoms with van der Waals surface area (Å²) in [6, 6.07) is 14.0. The molecule has 0 saturated heterocycles. The third kappa shape index (κ3) is 4.00. The van der Waals surface area contributed by atoms with E-state index in [1.807, 2.05) is 35.8 Å². The molecule has 0 amide bonds. The van der Waals surface area contributed by atoms with Crippen molar-refractivity contribution in [3.8, 4) is 11.4 Å². The van der Waals surface area contributed by atoms with Gasteiger partial charge in [-0.25, -0.2) is 0 Å². The van der Waals surface area contributed by atoms with Crippen LogP contribution < -0.4 is 0 Å². The number of thioether (sulfide) groups is 1. The first-order valence-corrected chi connectivity index (χ1v) is 9.00. The summed E-state index contributed by atoms with van der Waals surface area (Å²) in [7, 11) is 0. The highest BCUT2D eigenvalue weighted by atomic mass is 35.5. The number of hydrogen-bond acceptors (Lipinski definition) is 5. The second-order valence-electron chi connectivity index (χ2n) is 5.27. The molecule has 0 aliphatic carbocycles. The molecule has 0 radical (unpaired) electrons. The van der Waals surface area contributed by atoms with Crippen LogP contribution in [-0.2, 0) is 12.3 Å². The normalized spacial score (nSPS) is 10.8. The van der Waals surface area contributed by atoms with Crippen molar-refractivity contribution in [1.29, 1.82) is 0 Å². The molecule has 128 valence electrons. The SMILES string of the molecule is CCn1c(SCc2ccc(Cl)cc2)nnc1-c1ccc([N+](=O)[O-])cc1. The highest BCUT2D eigenvalue weighted by Gasteiger charge is 2.14. The third-order valence-corrected chi connectivity index (χ3v) is 4.94. The molecule has 0 bridgehead atoms. The topological polar surface area (TPSA) is 73.8 Å². The Labute approximate surface area is 154 Å². The van der Waals surface area contributed by atoms with E-state index in [4.69, 9.17) is 11.6 Å². The molecule has 3 aromatic rings. The summed E-state index contributed by atoms with van der Waals surface area (Å²) in [6.45, 7) is 2.73. The van der Waals surface area contributed by atoms with Gasteiger partial charge >= 0.3 is 0 Å². The highest BCUT2D eigenvalue weighted by Crippen LogP contribution is 2.27. The Morgan fingerprint density at radius 2 is 1.80 bits per heavy atom. The van der Waals surface area contributed by atoms with E-state index in [1.54, 1.807) is 23.9 Å². The van der Waals surface area contributed by atoms with Gasteiger partial charge in [0, 0.05) is 35.0 Å². The Hall–Kier alpha value is -2.38. The van der Waals surface area contributed by atoms with Gasteiger partial charge in [-0.2, -0.15) is 0 Å². The first kappa shape index (κ1) is 17.4. The molecule has 1 aromatic heterocycles. The standard InChI is InChI=1S/C17H15ClN4O2S/c1-2-21-16(13-5-9-15(10-6-13)22(23)24)19-20-17(21)25-11-12-3-7-14(18)8-4-12/h3-10H,2,11H2,1H3. The number of halogens is 1. The minimum absolute atomic E-state index is 0.0589. The summed E-state index contributed by atoms with van der Waals surface area (Å²) in [5.41, 5.74) is 2.01. The summed E-state index contributed by atoms with van der Waals surface area (Å²) < 4.78 is 2.00. The van der Waals surface area contributed by atoms with Gasteiger partial charge in [0.25, 0.3) is 5.69 Å². The van der Waals surface area contributed by atoms with E-state index in [-0.39, 0.29) is 5.69 Å². The van der Waals surface area contributed by atoms with Gasteiger partial charge in [-0.05, 0) is 36.8 Å². The molecular weight excluding hydrogens is 360 g/mol. The van der Waals surface area contributed by atoms with E-state index in [1.165, 1.54) is 12.1 Å². The number of benzene rings is 2. The van der Waals surface area contributed by atoms with Crippen LogP contribution in [0.25, 0.3) is 11.4 Å². The number of nitro groups is 1. The Morgan fingerprint density at radius 3 is 2.40 bits per heavy atom. The van der Waals surface area contributed by atoms with Crippen LogP contribution in [0.4, 0.5) is 5.69 Å². The number of rotatable bonds is 6. The Bertz CT molecular complexity index is 879. The second kappa shape index (κ2) is 7.67. The second-order valence-corrected chi connectivity index (χ2v) is 6.65. The molecule has 3 rings (SSSR count). The molecule has 25 heavy (non-hydrogen) atoms. The number of nitro benzene ring substituents is 1. The molecule has 0 aliphatic rings. The van der Waals surface area contributed by atoms with E-state index in [2.05, 4.69) is 10.2 Å². The fraction of sp³-hybridized carbons (Fsp3) is 0.176. The largest absolute Gasteiger partial charge is 0.302 e. The maximum absolute atomic E-state index is 10.8. The van der Waals surface area contributed by atoms with Crippen molar-refractivity contribution in [2.45, 2.75) is 24.4 Å². The van der Waals surface area contributed by atoms with Gasteiger partial charge in [-0.3, -0.25) is 10.1 Å². The van der Waals surface area contributed by atoms with Gasteiger partial charge in [0.15, 0.2) is 11.0 Å². The first-order valence-electron chi connectivity index (χ1n) is 7.63. The minimum atomic E-state index is -0.415. The molecule has 6 nitrogen and oxygen atoms in total. The number of aromatic nitrogens is 3. The van der Waals surface area contributed by atoms with Crippen LogP contribution in [-0.4, -0.2) is 19.7 Å². The molecule has 0 spiro atoms. The summed E-state index contributed by atoms with van der Waals surface area (Å²) in [6.07, 6.45) is 0. The molecular formula is C17H15ClN4O2S. The summed E-state index contributed by atoms with van der Waals surface area (Å²) >= 11 is 7.50. The number of nitrogens with zero attached hydrogens (tertiary/aromatic N) is 4. The minimum Gasteiger partial charge on any atom is -0.302 e. The number of non-ortho nitro benzene ring substituents is 1. The summed E-state index contributed by atoms with van der Waals surface area (Å²) in [5.74, 6) is 1.46. The van der Waals surface area contributed by atoms with Crippen molar-refractivity contribution >= 4 is 29.1 Å². The van der Waals surface area contributed by atoms with Crippen LogP contribution in [0.2, 0.25) is 5.02 Å². The van der Waals surface area contributed by atoms with Crippen molar-refractivity contribution in [3.05, 3.63) is 69.2 Å². The van der Waals surface area contributed by atoms with E-state index >= 15 is 0 Å². The summed E-state index contributed by atoms with van der Waals surface area (Å²) in [5, 5.41) is 20.8. The monoisotopic (exact) mass is 374 g/mol. The fourth-order valence-corrected chi connectivity index (χ4v) is 3.44. The van der Waals surface area contributed by atoms with Crippen LogP contribution in [0.5, 0.6) is 0 Å². The Balaban J connectivity index is 1.80. The van der Waals surface area contributed by atoms with E-state index in [0.717, 1.165) is 22.0 Å². The lowest BCUT2D eigenvalue weighted by Gasteiger charge is -2.07. The first-order chi connectivity index (χ1) is 12.1. The maximum atomic E-state index is 10.8. The van der Waals surface area contributed by atoms with Crippen molar-refractivity contribution in [3.63, 3.8) is 0 Å². The van der Waals surface area contributed by atoms with Gasteiger partial charge in [0.1, 0.15) is 0 Å². The predicted octanol–water partition coefficient (Wildman–Crippen LogP) is 4.82. The van der Waals surface area contributed by atoms with E-state index in [9.17, 15) is 10.1 Å². The number of hydrogen-bond donors (Lipinski definition) is 0. The Kier molecular flexibility index (Phi) is 5.35. The van der Waals surface area contributed by atoms with Crippen molar-refractivity contribution in [1.82, 2.24) is 14.8 Å². The predicted molar refractivity (Wildman–Crippen MR) is 98.8 cm³/mol. The quantitative estimate of drug-likeness (QED) is 0.351. The van der Waals surface area contributed by atoms with E-state index < -0.39 is 4.92 Å². The molecule has 8 heteroatoms. The third-order valence-electron chi connectivity index (χ3n) is 3.65. The maximum Gasteiger partial charge on any atom is 0.269 e. The zero-order valence-corrected chi connectivity index (χ0v) is 15.0. The van der Waals surface area contributed by atoms with Crippen LogP contribution >= 0.6 is 23.4 Å². The van der Waals surface area contributed by atoms with Crippen molar-refractivity contribution in [2.75, 3.05) is 0 Å². The van der Waals surface area contributed by atoms with Crippen LogP contribution in [0.15, 0.2) is 53.7 Å². The fourth-order valence-electron chi connectivity index (χ4n) is 2.35. The smallest absolute Gasteiger partial charge is 0.269 e. The van der Waals surface area contributed by atoms with Crippen LogP contribution in [0.1, 0.15) is 12.5 Å². The molecule has 0 aliphatic heterocycles. The van der Waals surface area contributed by atoms with Gasteiger partial charge in [-0.1, -0.05) is 35.5 Å². The molecule has 0 fully saturated rings. The average molecular weight is 375 g/mol. The lowest BCUT2D eigenvalue weighted by Crippen LogP contribution is -2.00. The van der Waals surface area contributed by atoms with Crippen molar-refractivity contribution in [2.24, 2.45) is 0 Å². The molecule has 0 atom stereocenters. The summed E-state index contributed by atoms with van der Waals surface area (Å²) in [4.78, 5) is 10.4. The van der Waals surface area contributed by atoms with Gasteiger partial charge < -0.3 is 4.57 Å². The molecule has 1 heterocycles.